The Bertz CT molecular complexity index is 693. The van der Waals surface area contributed by atoms with Crippen LogP contribution in [0.3, 0.4) is 0 Å². The molecule has 1 amide bonds. The molecule has 2 rings (SSSR count). The number of hydrogen-bond donors (Lipinski definition) is 2. The van der Waals surface area contributed by atoms with Crippen LogP contribution < -0.4 is 5.32 Å². The van der Waals surface area contributed by atoms with E-state index in [1.807, 2.05) is 48.5 Å². The summed E-state index contributed by atoms with van der Waals surface area (Å²) in [6.07, 6.45) is -0.616. The molecule has 128 valence electrons. The predicted octanol–water partition coefficient (Wildman–Crippen LogP) is 3.31. The second-order valence-corrected chi connectivity index (χ2v) is 7.28. The molecule has 2 unspecified atom stereocenters. The lowest BCUT2D eigenvalue weighted by Gasteiger charge is -2.22. The van der Waals surface area contributed by atoms with Gasteiger partial charge in [0.15, 0.2) is 0 Å². The molecule has 0 aliphatic heterocycles. The third kappa shape index (κ3) is 5.49. The molecule has 7 heteroatoms. The van der Waals surface area contributed by atoms with Gasteiger partial charge in [-0.15, -0.1) is 0 Å². The monoisotopic (exact) mass is 349 g/mol. The molecular weight excluding hydrogens is 329 g/mol. The normalized spacial score (nSPS) is 14.4. The van der Waals surface area contributed by atoms with Gasteiger partial charge in [0.2, 0.25) is 0 Å². The van der Waals surface area contributed by atoms with Gasteiger partial charge in [-0.3, -0.25) is 4.57 Å². The van der Waals surface area contributed by atoms with E-state index in [-0.39, 0.29) is 13.0 Å². The van der Waals surface area contributed by atoms with Crippen molar-refractivity contribution < 1.29 is 23.5 Å². The molecule has 0 radical (unpaired) electrons. The fraction of sp³-hybridized carbons (Fsp3) is 0.235. The van der Waals surface area contributed by atoms with Gasteiger partial charge in [-0.1, -0.05) is 60.7 Å². The van der Waals surface area contributed by atoms with Crippen LogP contribution in [0, 0.1) is 0 Å². The zero-order chi connectivity index (χ0) is 17.4. The Morgan fingerprint density at radius 2 is 1.62 bits per heavy atom. The Labute approximate surface area is 141 Å². The highest BCUT2D eigenvalue weighted by Crippen LogP contribution is 2.46. The van der Waals surface area contributed by atoms with Crippen LogP contribution in [-0.4, -0.2) is 23.9 Å². The summed E-state index contributed by atoms with van der Waals surface area (Å²) >= 11 is 0. The smallest absolute Gasteiger partial charge is 0.408 e. The van der Waals surface area contributed by atoms with Gasteiger partial charge >= 0.3 is 13.7 Å². The molecule has 24 heavy (non-hydrogen) atoms. The van der Waals surface area contributed by atoms with Gasteiger partial charge < -0.3 is 19.5 Å². The Morgan fingerprint density at radius 1 is 1.08 bits per heavy atom. The van der Waals surface area contributed by atoms with Gasteiger partial charge in [-0.25, -0.2) is 4.79 Å². The Morgan fingerprint density at radius 3 is 2.17 bits per heavy atom. The van der Waals surface area contributed by atoms with Gasteiger partial charge in [-0.2, -0.15) is 0 Å². The van der Waals surface area contributed by atoms with Crippen molar-refractivity contribution in [3.05, 3.63) is 71.8 Å². The molecule has 2 N–H and O–H groups in total. The van der Waals surface area contributed by atoms with E-state index in [1.165, 1.54) is 0 Å². The van der Waals surface area contributed by atoms with Crippen LogP contribution in [-0.2, 0) is 26.9 Å². The van der Waals surface area contributed by atoms with Gasteiger partial charge in [0.25, 0.3) is 0 Å². The molecule has 0 fully saturated rings. The molecule has 0 saturated heterocycles. The fourth-order valence-electron chi connectivity index (χ4n) is 2.11. The van der Waals surface area contributed by atoms with Crippen LogP contribution in [0.1, 0.15) is 11.1 Å². The van der Waals surface area contributed by atoms with Crippen molar-refractivity contribution >= 4 is 13.7 Å². The zero-order valence-electron chi connectivity index (χ0n) is 13.3. The van der Waals surface area contributed by atoms with Gasteiger partial charge in [0.1, 0.15) is 12.4 Å². The Balaban J connectivity index is 1.99. The van der Waals surface area contributed by atoms with E-state index in [2.05, 4.69) is 9.84 Å². The van der Waals surface area contributed by atoms with Crippen LogP contribution in [0.15, 0.2) is 60.7 Å². The topological polar surface area (TPSA) is 84.9 Å². The quantitative estimate of drug-likeness (QED) is 0.749. The average molecular weight is 349 g/mol. The highest BCUT2D eigenvalue weighted by Gasteiger charge is 2.33. The van der Waals surface area contributed by atoms with Crippen molar-refractivity contribution in [1.29, 1.82) is 0 Å². The maximum absolute atomic E-state index is 12.2. The molecule has 0 heterocycles. The minimum Gasteiger partial charge on any atom is -0.445 e. The lowest BCUT2D eigenvalue weighted by molar-refractivity contribution is 0.136. The van der Waals surface area contributed by atoms with Crippen LogP contribution >= 0.6 is 7.60 Å². The minimum absolute atomic E-state index is 0.0768. The Kier molecular flexibility index (Phi) is 6.55. The van der Waals surface area contributed by atoms with E-state index in [9.17, 15) is 14.3 Å². The fourth-order valence-corrected chi connectivity index (χ4v) is 3.08. The lowest BCUT2D eigenvalue weighted by atomic mass is 10.1. The molecule has 0 saturated carbocycles. The SMILES string of the molecule is COP(=O)(O)C(Cc1ccccc1)NC(=O)OCc1ccccc1. The largest absolute Gasteiger partial charge is 0.445 e. The number of hydrogen-bond acceptors (Lipinski definition) is 4. The Hall–Kier alpha value is -2.14. The van der Waals surface area contributed by atoms with Gasteiger partial charge in [-0.05, 0) is 11.1 Å². The van der Waals surface area contributed by atoms with Crippen LogP contribution in [0.25, 0.3) is 0 Å². The molecular formula is C17H20NO5P. The number of carbonyl (C=O) groups excluding carboxylic acids is 1. The second kappa shape index (κ2) is 8.64. The molecule has 6 nitrogen and oxygen atoms in total. The van der Waals surface area contributed by atoms with Crippen molar-refractivity contribution in [2.45, 2.75) is 18.8 Å². The van der Waals surface area contributed by atoms with Crippen molar-refractivity contribution in [1.82, 2.24) is 5.32 Å². The van der Waals surface area contributed by atoms with E-state index in [1.54, 1.807) is 12.1 Å². The molecule has 2 aromatic carbocycles. The maximum Gasteiger partial charge on any atom is 0.408 e. The van der Waals surface area contributed by atoms with Crippen molar-refractivity contribution in [2.24, 2.45) is 0 Å². The standard InChI is InChI=1S/C17H20NO5P/c1-22-24(20,21)16(12-14-8-4-2-5-9-14)18-17(19)23-13-15-10-6-3-7-11-15/h2-11,16H,12-13H2,1H3,(H,18,19)(H,20,21). The van der Waals surface area contributed by atoms with Gasteiger partial charge in [0.05, 0.1) is 0 Å². The van der Waals surface area contributed by atoms with Crippen LogP contribution in [0.5, 0.6) is 0 Å². The molecule has 0 aliphatic carbocycles. The first-order valence-electron chi connectivity index (χ1n) is 7.40. The maximum atomic E-state index is 12.2. The van der Waals surface area contributed by atoms with E-state index in [4.69, 9.17) is 4.74 Å². The van der Waals surface area contributed by atoms with Crippen molar-refractivity contribution in [2.75, 3.05) is 7.11 Å². The van der Waals surface area contributed by atoms with Crippen LogP contribution in [0.4, 0.5) is 4.79 Å². The number of benzene rings is 2. The average Bonchev–Trinajstić information content (AvgIpc) is 2.61. The highest BCUT2D eigenvalue weighted by atomic mass is 31.2. The summed E-state index contributed by atoms with van der Waals surface area (Å²) in [6, 6.07) is 18.3. The minimum atomic E-state index is -4.01. The summed E-state index contributed by atoms with van der Waals surface area (Å²) in [5.74, 6) is -1.09. The summed E-state index contributed by atoms with van der Waals surface area (Å²) in [4.78, 5) is 21.9. The highest BCUT2D eigenvalue weighted by molar-refractivity contribution is 7.53. The molecule has 0 spiro atoms. The predicted molar refractivity (Wildman–Crippen MR) is 90.5 cm³/mol. The second-order valence-electron chi connectivity index (χ2n) is 5.16. The molecule has 2 atom stereocenters. The van der Waals surface area contributed by atoms with Crippen LogP contribution in [0.2, 0.25) is 0 Å². The molecule has 0 aromatic heterocycles. The van der Waals surface area contributed by atoms with E-state index in [0.29, 0.717) is 0 Å². The summed E-state index contributed by atoms with van der Waals surface area (Å²) < 4.78 is 21.9. The molecule has 0 aliphatic rings. The first-order valence-corrected chi connectivity index (χ1v) is 9.05. The molecule has 0 bridgehead atoms. The van der Waals surface area contributed by atoms with E-state index in [0.717, 1.165) is 18.2 Å². The van der Waals surface area contributed by atoms with E-state index < -0.39 is 19.5 Å². The van der Waals surface area contributed by atoms with E-state index >= 15 is 0 Å². The van der Waals surface area contributed by atoms with Crippen molar-refractivity contribution in [3.8, 4) is 0 Å². The lowest BCUT2D eigenvalue weighted by Crippen LogP contribution is -2.37. The number of carbonyl (C=O) groups is 1. The third-order valence-corrected chi connectivity index (χ3v) is 5.05. The first kappa shape index (κ1) is 18.2. The van der Waals surface area contributed by atoms with Gasteiger partial charge in [0, 0.05) is 13.5 Å². The summed E-state index contributed by atoms with van der Waals surface area (Å²) in [5.41, 5.74) is 1.63. The zero-order valence-corrected chi connectivity index (χ0v) is 14.2. The third-order valence-electron chi connectivity index (χ3n) is 3.42. The number of nitrogens with one attached hydrogen (secondary N) is 1. The molecule has 2 aromatic rings. The summed E-state index contributed by atoms with van der Waals surface area (Å²) in [7, 11) is -2.88. The number of ether oxygens (including phenoxy) is 1. The number of amides is 1. The summed E-state index contributed by atoms with van der Waals surface area (Å²) in [6.45, 7) is 0.0768. The van der Waals surface area contributed by atoms with Crippen molar-refractivity contribution in [3.63, 3.8) is 0 Å². The summed E-state index contributed by atoms with van der Waals surface area (Å²) in [5, 5.41) is 2.43. The number of rotatable bonds is 7. The first-order chi connectivity index (χ1) is 11.5. The number of alkyl carbamates (subject to hydrolysis) is 1.